The Labute approximate surface area is 101 Å². The van der Waals surface area contributed by atoms with Gasteiger partial charge in [0.05, 0.1) is 17.0 Å². The predicted octanol–water partition coefficient (Wildman–Crippen LogP) is 2.59. The maximum absolute atomic E-state index is 10.9. The maximum atomic E-state index is 10.9. The van der Waals surface area contributed by atoms with Crippen LogP contribution in [0, 0.1) is 10.1 Å². The number of halogens is 1. The number of nitrogens with zero attached hydrogens (tertiary/aromatic N) is 3. The third kappa shape index (κ3) is 2.12. The first-order valence-electron chi connectivity index (χ1n) is 4.85. The predicted molar refractivity (Wildman–Crippen MR) is 62.4 cm³/mol. The molecule has 17 heavy (non-hydrogen) atoms. The van der Waals surface area contributed by atoms with E-state index in [0.29, 0.717) is 17.5 Å². The van der Waals surface area contributed by atoms with Crippen molar-refractivity contribution in [2.24, 2.45) is 0 Å². The summed E-state index contributed by atoms with van der Waals surface area (Å²) >= 11 is 5.85. The van der Waals surface area contributed by atoms with Crippen molar-refractivity contribution in [3.63, 3.8) is 0 Å². The molecule has 0 fully saturated rings. The van der Waals surface area contributed by atoms with Gasteiger partial charge in [0.25, 0.3) is 0 Å². The normalized spacial score (nSPS) is 10.5. The highest BCUT2D eigenvalue weighted by Crippen LogP contribution is 2.33. The highest BCUT2D eigenvalue weighted by atomic mass is 35.5. The number of aromatic nitrogens is 2. The lowest BCUT2D eigenvalue weighted by Gasteiger charge is -2.05. The maximum Gasteiger partial charge on any atom is 0.311 e. The quantitative estimate of drug-likeness (QED) is 0.477. The van der Waals surface area contributed by atoms with Gasteiger partial charge in [0.15, 0.2) is 5.75 Å². The van der Waals surface area contributed by atoms with Crippen molar-refractivity contribution >= 4 is 28.2 Å². The van der Waals surface area contributed by atoms with Gasteiger partial charge in [0.2, 0.25) is 0 Å². The van der Waals surface area contributed by atoms with Gasteiger partial charge in [-0.2, -0.15) is 0 Å². The van der Waals surface area contributed by atoms with E-state index >= 15 is 0 Å². The fourth-order valence-electron chi connectivity index (χ4n) is 1.45. The second kappa shape index (κ2) is 4.50. The molecule has 1 aromatic heterocycles. The lowest BCUT2D eigenvalue weighted by Crippen LogP contribution is -1.98. The Bertz CT molecular complexity index is 588. The first-order chi connectivity index (χ1) is 8.13. The third-order valence-electron chi connectivity index (χ3n) is 2.16. The van der Waals surface area contributed by atoms with E-state index in [9.17, 15) is 10.1 Å². The van der Waals surface area contributed by atoms with Crippen molar-refractivity contribution in [2.75, 3.05) is 6.61 Å². The SMILES string of the molecule is CCOc1cc2ncnc(Cl)c2cc1[N+](=O)[O-]. The molecule has 0 saturated carbocycles. The zero-order chi connectivity index (χ0) is 12.4. The Morgan fingerprint density at radius 1 is 1.47 bits per heavy atom. The summed E-state index contributed by atoms with van der Waals surface area (Å²) in [5.74, 6) is 0.180. The minimum Gasteiger partial charge on any atom is -0.487 e. The highest BCUT2D eigenvalue weighted by Gasteiger charge is 2.18. The van der Waals surface area contributed by atoms with Gasteiger partial charge in [0.1, 0.15) is 11.5 Å². The fourth-order valence-corrected chi connectivity index (χ4v) is 1.65. The molecule has 1 heterocycles. The van der Waals surface area contributed by atoms with E-state index in [0.717, 1.165) is 0 Å². The molecule has 0 saturated heterocycles. The molecule has 0 unspecified atom stereocenters. The minimum atomic E-state index is -0.520. The van der Waals surface area contributed by atoms with Gasteiger partial charge in [-0.1, -0.05) is 11.6 Å². The van der Waals surface area contributed by atoms with Crippen LogP contribution in [0.2, 0.25) is 5.15 Å². The van der Waals surface area contributed by atoms with Crippen LogP contribution in [0.4, 0.5) is 5.69 Å². The summed E-state index contributed by atoms with van der Waals surface area (Å²) in [5, 5.41) is 11.5. The van der Waals surface area contributed by atoms with E-state index in [-0.39, 0.29) is 16.6 Å². The average molecular weight is 254 g/mol. The molecule has 7 heteroatoms. The molecular formula is C10H8ClN3O3. The third-order valence-corrected chi connectivity index (χ3v) is 2.47. The summed E-state index contributed by atoms with van der Waals surface area (Å²) in [6, 6.07) is 2.81. The molecule has 0 N–H and O–H groups in total. The number of fused-ring (bicyclic) bond motifs is 1. The molecule has 88 valence electrons. The fraction of sp³-hybridized carbons (Fsp3) is 0.200. The van der Waals surface area contributed by atoms with E-state index in [1.54, 1.807) is 6.92 Å². The van der Waals surface area contributed by atoms with Crippen molar-refractivity contribution in [2.45, 2.75) is 6.92 Å². The number of benzene rings is 1. The number of ether oxygens (including phenoxy) is 1. The van der Waals surface area contributed by atoms with Crippen LogP contribution < -0.4 is 4.74 Å². The number of hydrogen-bond donors (Lipinski definition) is 0. The largest absolute Gasteiger partial charge is 0.487 e. The Hall–Kier alpha value is -1.95. The van der Waals surface area contributed by atoms with E-state index < -0.39 is 4.92 Å². The van der Waals surface area contributed by atoms with Crippen molar-refractivity contribution in [3.05, 3.63) is 33.7 Å². The van der Waals surface area contributed by atoms with Gasteiger partial charge in [-0.05, 0) is 6.92 Å². The Balaban J connectivity index is 2.72. The van der Waals surface area contributed by atoms with Crippen LogP contribution in [0.1, 0.15) is 6.92 Å². The summed E-state index contributed by atoms with van der Waals surface area (Å²) in [4.78, 5) is 18.1. The molecule has 0 spiro atoms. The van der Waals surface area contributed by atoms with E-state index in [4.69, 9.17) is 16.3 Å². The molecule has 6 nitrogen and oxygen atoms in total. The number of hydrogen-bond acceptors (Lipinski definition) is 5. The highest BCUT2D eigenvalue weighted by molar-refractivity contribution is 6.34. The Kier molecular flexibility index (Phi) is 3.06. The van der Waals surface area contributed by atoms with Crippen molar-refractivity contribution in [1.82, 2.24) is 9.97 Å². The van der Waals surface area contributed by atoms with Crippen LogP contribution in [0.25, 0.3) is 10.9 Å². The summed E-state index contributed by atoms with van der Waals surface area (Å²) in [6.07, 6.45) is 1.30. The van der Waals surface area contributed by atoms with E-state index in [2.05, 4.69) is 9.97 Å². The lowest BCUT2D eigenvalue weighted by atomic mass is 10.2. The van der Waals surface area contributed by atoms with Crippen LogP contribution in [0.5, 0.6) is 5.75 Å². The van der Waals surface area contributed by atoms with Crippen LogP contribution in [-0.2, 0) is 0 Å². The standard InChI is InChI=1S/C10H8ClN3O3/c1-2-17-9-4-7-6(3-8(9)14(15)16)10(11)13-5-12-7/h3-5H,2H2,1H3. The molecule has 0 amide bonds. The molecule has 2 rings (SSSR count). The topological polar surface area (TPSA) is 78.2 Å². The zero-order valence-electron chi connectivity index (χ0n) is 8.88. The first kappa shape index (κ1) is 11.5. The van der Waals surface area contributed by atoms with Gasteiger partial charge in [-0.3, -0.25) is 10.1 Å². The van der Waals surface area contributed by atoms with Gasteiger partial charge >= 0.3 is 5.69 Å². The minimum absolute atomic E-state index is 0.143. The lowest BCUT2D eigenvalue weighted by molar-refractivity contribution is -0.385. The molecule has 2 aromatic rings. The smallest absolute Gasteiger partial charge is 0.311 e. The van der Waals surface area contributed by atoms with Crippen LogP contribution >= 0.6 is 11.6 Å². The molecule has 0 bridgehead atoms. The van der Waals surface area contributed by atoms with Crippen molar-refractivity contribution in [3.8, 4) is 5.75 Å². The van der Waals surface area contributed by atoms with Gasteiger partial charge < -0.3 is 4.74 Å². The Morgan fingerprint density at radius 3 is 2.88 bits per heavy atom. The zero-order valence-corrected chi connectivity index (χ0v) is 9.64. The summed E-state index contributed by atoms with van der Waals surface area (Å²) in [7, 11) is 0. The van der Waals surface area contributed by atoms with E-state index in [1.807, 2.05) is 0 Å². The second-order valence-electron chi connectivity index (χ2n) is 3.19. The molecule has 0 aliphatic rings. The van der Waals surface area contributed by atoms with Crippen LogP contribution in [-0.4, -0.2) is 21.5 Å². The van der Waals surface area contributed by atoms with Crippen LogP contribution in [0.3, 0.4) is 0 Å². The number of nitro groups is 1. The molecule has 1 aromatic carbocycles. The average Bonchev–Trinajstić information content (AvgIpc) is 2.29. The Morgan fingerprint density at radius 2 is 2.24 bits per heavy atom. The monoisotopic (exact) mass is 253 g/mol. The number of nitro benzene ring substituents is 1. The van der Waals surface area contributed by atoms with Crippen molar-refractivity contribution < 1.29 is 9.66 Å². The van der Waals surface area contributed by atoms with E-state index in [1.165, 1.54) is 18.5 Å². The molecule has 0 aliphatic carbocycles. The molecule has 0 radical (unpaired) electrons. The number of rotatable bonds is 3. The first-order valence-corrected chi connectivity index (χ1v) is 5.22. The summed E-state index contributed by atoms with van der Waals surface area (Å²) < 4.78 is 5.20. The summed E-state index contributed by atoms with van der Waals surface area (Å²) in [6.45, 7) is 2.09. The molecular weight excluding hydrogens is 246 g/mol. The van der Waals surface area contributed by atoms with Crippen molar-refractivity contribution in [1.29, 1.82) is 0 Å². The van der Waals surface area contributed by atoms with Gasteiger partial charge in [0, 0.05) is 17.5 Å². The second-order valence-corrected chi connectivity index (χ2v) is 3.55. The molecule has 0 aliphatic heterocycles. The van der Waals surface area contributed by atoms with Gasteiger partial charge in [-0.25, -0.2) is 9.97 Å². The van der Waals surface area contributed by atoms with Crippen LogP contribution in [0.15, 0.2) is 18.5 Å². The van der Waals surface area contributed by atoms with Gasteiger partial charge in [-0.15, -0.1) is 0 Å². The molecule has 0 atom stereocenters. The summed E-state index contributed by atoms with van der Waals surface area (Å²) in [5.41, 5.74) is 0.370.